The van der Waals surface area contributed by atoms with Gasteiger partial charge in [0.25, 0.3) is 6.43 Å². The van der Waals surface area contributed by atoms with Gasteiger partial charge in [-0.15, -0.1) is 11.3 Å². The zero-order chi connectivity index (χ0) is 21.3. The SMILES string of the molecule is Cc1cc(C(F)F)nn1C(C)C(=O)Nc1sc2c(c1C(=O)OC(C)C)CCCC2. The van der Waals surface area contributed by atoms with Crippen molar-refractivity contribution in [2.24, 2.45) is 0 Å². The molecule has 29 heavy (non-hydrogen) atoms. The molecule has 9 heteroatoms. The number of rotatable bonds is 6. The molecule has 2 aromatic heterocycles. The Hall–Kier alpha value is -2.29. The number of fused-ring (bicyclic) bond motifs is 1. The molecule has 6 nitrogen and oxygen atoms in total. The van der Waals surface area contributed by atoms with Gasteiger partial charge in [0, 0.05) is 10.6 Å². The lowest BCUT2D eigenvalue weighted by Gasteiger charge is -2.16. The minimum absolute atomic E-state index is 0.274. The summed E-state index contributed by atoms with van der Waals surface area (Å²) in [6.45, 7) is 6.76. The molecule has 158 valence electrons. The van der Waals surface area contributed by atoms with E-state index in [9.17, 15) is 18.4 Å². The molecule has 0 bridgehead atoms. The molecule has 0 aromatic carbocycles. The van der Waals surface area contributed by atoms with Gasteiger partial charge in [-0.2, -0.15) is 5.10 Å². The number of amides is 1. The van der Waals surface area contributed by atoms with Crippen LogP contribution in [0.15, 0.2) is 6.07 Å². The highest BCUT2D eigenvalue weighted by molar-refractivity contribution is 7.17. The Balaban J connectivity index is 1.88. The molecule has 0 spiro atoms. The molecule has 1 N–H and O–H groups in total. The first-order chi connectivity index (χ1) is 13.7. The maximum atomic E-state index is 12.9. The number of hydrogen-bond donors (Lipinski definition) is 1. The molecule has 1 amide bonds. The van der Waals surface area contributed by atoms with Gasteiger partial charge in [0.15, 0.2) is 0 Å². The number of thiophene rings is 1. The quantitative estimate of drug-likeness (QED) is 0.673. The van der Waals surface area contributed by atoms with Crippen molar-refractivity contribution in [3.63, 3.8) is 0 Å². The summed E-state index contributed by atoms with van der Waals surface area (Å²) in [5.74, 6) is -0.869. The van der Waals surface area contributed by atoms with E-state index in [0.29, 0.717) is 16.3 Å². The molecule has 1 atom stereocenters. The van der Waals surface area contributed by atoms with Crippen LogP contribution in [0.5, 0.6) is 0 Å². The third-order valence-electron chi connectivity index (χ3n) is 4.87. The van der Waals surface area contributed by atoms with Crippen LogP contribution in [0.25, 0.3) is 0 Å². The molecule has 0 radical (unpaired) electrons. The highest BCUT2D eigenvalue weighted by Crippen LogP contribution is 2.39. The lowest BCUT2D eigenvalue weighted by molar-refractivity contribution is -0.119. The lowest BCUT2D eigenvalue weighted by atomic mass is 9.95. The van der Waals surface area contributed by atoms with Crippen LogP contribution in [0.4, 0.5) is 13.8 Å². The van der Waals surface area contributed by atoms with Crippen molar-refractivity contribution in [3.05, 3.63) is 33.5 Å². The van der Waals surface area contributed by atoms with Crippen LogP contribution in [0.1, 0.15) is 78.3 Å². The van der Waals surface area contributed by atoms with Crippen molar-refractivity contribution in [1.29, 1.82) is 0 Å². The monoisotopic (exact) mass is 425 g/mol. The maximum absolute atomic E-state index is 12.9. The first kappa shape index (κ1) is 21.4. The Morgan fingerprint density at radius 1 is 1.24 bits per heavy atom. The number of carbonyl (C=O) groups is 2. The lowest BCUT2D eigenvalue weighted by Crippen LogP contribution is -2.26. The fourth-order valence-electron chi connectivity index (χ4n) is 3.48. The van der Waals surface area contributed by atoms with E-state index in [-0.39, 0.29) is 11.8 Å². The molecule has 2 aromatic rings. The van der Waals surface area contributed by atoms with Gasteiger partial charge >= 0.3 is 5.97 Å². The van der Waals surface area contributed by atoms with Gasteiger partial charge in [-0.1, -0.05) is 0 Å². The van der Waals surface area contributed by atoms with Gasteiger partial charge in [0.2, 0.25) is 5.91 Å². The highest BCUT2D eigenvalue weighted by Gasteiger charge is 2.29. The van der Waals surface area contributed by atoms with Gasteiger partial charge in [-0.25, -0.2) is 13.6 Å². The van der Waals surface area contributed by atoms with Crippen molar-refractivity contribution in [2.75, 3.05) is 5.32 Å². The number of aryl methyl sites for hydroxylation is 2. The molecular weight excluding hydrogens is 400 g/mol. The highest BCUT2D eigenvalue weighted by atomic mass is 32.1. The largest absolute Gasteiger partial charge is 0.459 e. The fourth-order valence-corrected chi connectivity index (χ4v) is 4.76. The fraction of sp³-hybridized carbons (Fsp3) is 0.550. The van der Waals surface area contributed by atoms with Crippen molar-refractivity contribution < 1.29 is 23.1 Å². The Kier molecular flexibility index (Phi) is 6.36. The standard InChI is InChI=1S/C20H25F2N3O3S/c1-10(2)28-20(27)16-13-7-5-6-8-15(13)29-19(16)23-18(26)12(4)25-11(3)9-14(24-25)17(21)22/h9-10,12,17H,5-8H2,1-4H3,(H,23,26). The average molecular weight is 426 g/mol. The molecule has 1 aliphatic rings. The number of carbonyl (C=O) groups excluding carboxylic acids is 2. The van der Waals surface area contributed by atoms with E-state index in [4.69, 9.17) is 4.74 Å². The van der Waals surface area contributed by atoms with E-state index in [1.54, 1.807) is 27.7 Å². The topological polar surface area (TPSA) is 73.2 Å². The minimum atomic E-state index is -2.70. The molecule has 1 aliphatic carbocycles. The number of halogens is 2. The summed E-state index contributed by atoms with van der Waals surface area (Å²) in [4.78, 5) is 26.6. The molecule has 3 rings (SSSR count). The summed E-state index contributed by atoms with van der Waals surface area (Å²) in [6, 6.07) is 0.458. The van der Waals surface area contributed by atoms with Crippen LogP contribution in [-0.2, 0) is 22.4 Å². The van der Waals surface area contributed by atoms with E-state index in [0.717, 1.165) is 36.1 Å². The number of nitrogens with one attached hydrogen (secondary N) is 1. The van der Waals surface area contributed by atoms with Crippen LogP contribution in [0.3, 0.4) is 0 Å². The van der Waals surface area contributed by atoms with Gasteiger partial charge < -0.3 is 10.1 Å². The van der Waals surface area contributed by atoms with Gasteiger partial charge in [0.1, 0.15) is 16.7 Å². The van der Waals surface area contributed by atoms with E-state index in [2.05, 4.69) is 10.4 Å². The number of esters is 1. The maximum Gasteiger partial charge on any atom is 0.341 e. The molecular formula is C20H25F2N3O3S. The summed E-state index contributed by atoms with van der Waals surface area (Å²) in [6.07, 6.45) is 0.686. The summed E-state index contributed by atoms with van der Waals surface area (Å²) >= 11 is 1.39. The summed E-state index contributed by atoms with van der Waals surface area (Å²) in [5, 5.41) is 7.12. The molecule has 0 saturated heterocycles. The number of nitrogens with zero attached hydrogens (tertiary/aromatic N) is 2. The molecule has 0 saturated carbocycles. The van der Waals surface area contributed by atoms with Crippen LogP contribution in [-0.4, -0.2) is 27.8 Å². The van der Waals surface area contributed by atoms with Crippen LogP contribution in [0, 0.1) is 6.92 Å². The second-order valence-corrected chi connectivity index (χ2v) is 8.60. The third kappa shape index (κ3) is 4.49. The summed E-state index contributed by atoms with van der Waals surface area (Å²) < 4.78 is 32.5. The Morgan fingerprint density at radius 3 is 2.55 bits per heavy atom. The van der Waals surface area contributed by atoms with Crippen LogP contribution in [0.2, 0.25) is 0 Å². The number of aromatic nitrogens is 2. The Morgan fingerprint density at radius 2 is 1.93 bits per heavy atom. The number of anilines is 1. The van der Waals surface area contributed by atoms with Crippen molar-refractivity contribution in [2.45, 2.75) is 71.9 Å². The van der Waals surface area contributed by atoms with E-state index >= 15 is 0 Å². The number of alkyl halides is 2. The summed E-state index contributed by atoms with van der Waals surface area (Å²) in [5.41, 5.74) is 1.47. The van der Waals surface area contributed by atoms with Crippen molar-refractivity contribution in [1.82, 2.24) is 9.78 Å². The van der Waals surface area contributed by atoms with E-state index in [1.807, 2.05) is 0 Å². The minimum Gasteiger partial charge on any atom is -0.459 e. The van der Waals surface area contributed by atoms with Crippen LogP contribution < -0.4 is 5.32 Å². The molecule has 1 unspecified atom stereocenters. The average Bonchev–Trinajstić information content (AvgIpc) is 3.20. The zero-order valence-corrected chi connectivity index (χ0v) is 17.7. The second-order valence-electron chi connectivity index (χ2n) is 7.49. The van der Waals surface area contributed by atoms with E-state index < -0.39 is 24.3 Å². The molecule has 2 heterocycles. The normalized spacial score (nSPS) is 14.8. The Labute approximate surface area is 172 Å². The van der Waals surface area contributed by atoms with Gasteiger partial charge in [-0.05, 0) is 65.0 Å². The smallest absolute Gasteiger partial charge is 0.341 e. The predicted molar refractivity (Wildman–Crippen MR) is 107 cm³/mol. The van der Waals surface area contributed by atoms with Crippen molar-refractivity contribution >= 4 is 28.2 Å². The van der Waals surface area contributed by atoms with E-state index in [1.165, 1.54) is 22.1 Å². The molecule has 0 fully saturated rings. The van der Waals surface area contributed by atoms with Gasteiger partial charge in [0.05, 0.1) is 11.7 Å². The van der Waals surface area contributed by atoms with Crippen molar-refractivity contribution in [3.8, 4) is 0 Å². The predicted octanol–water partition coefficient (Wildman–Crippen LogP) is 4.83. The first-order valence-electron chi connectivity index (χ1n) is 9.69. The third-order valence-corrected chi connectivity index (χ3v) is 6.07. The summed E-state index contributed by atoms with van der Waals surface area (Å²) in [7, 11) is 0. The number of hydrogen-bond acceptors (Lipinski definition) is 5. The van der Waals surface area contributed by atoms with Crippen LogP contribution >= 0.6 is 11.3 Å². The Bertz CT molecular complexity index is 920. The first-order valence-corrected chi connectivity index (χ1v) is 10.5. The second kappa shape index (κ2) is 8.61. The van der Waals surface area contributed by atoms with Gasteiger partial charge in [-0.3, -0.25) is 9.48 Å². The molecule has 0 aliphatic heterocycles. The number of ether oxygens (including phenoxy) is 1. The zero-order valence-electron chi connectivity index (χ0n) is 16.9.